The fraction of sp³-hybridized carbons (Fsp3) is 0.500. The Morgan fingerprint density at radius 3 is 2.39 bits per heavy atom. The maximum Gasteiger partial charge on any atom is 0.446 e. The molecule has 128 valence electrons. The lowest BCUT2D eigenvalue weighted by atomic mass is 9.94. The average Bonchev–Trinajstić information content (AvgIpc) is 2.47. The molecule has 0 aromatic carbocycles. The molecule has 1 aliphatic rings. The molecule has 0 radical (unpaired) electrons. The Kier molecular flexibility index (Phi) is 7.28. The second-order valence-corrected chi connectivity index (χ2v) is 5.39. The summed E-state index contributed by atoms with van der Waals surface area (Å²) in [7, 11) is 0. The van der Waals surface area contributed by atoms with Gasteiger partial charge in [-0.2, -0.15) is 13.2 Å². The highest BCUT2D eigenvalue weighted by molar-refractivity contribution is 6.29. The van der Waals surface area contributed by atoms with E-state index in [2.05, 4.69) is 9.88 Å². The van der Waals surface area contributed by atoms with Crippen molar-refractivity contribution in [3.63, 3.8) is 0 Å². The number of carbonyl (C=O) groups is 2. The van der Waals surface area contributed by atoms with Crippen LogP contribution in [-0.4, -0.2) is 41.6 Å². The first-order valence-electron chi connectivity index (χ1n) is 6.83. The van der Waals surface area contributed by atoms with E-state index in [1.807, 2.05) is 12.1 Å². The van der Waals surface area contributed by atoms with Gasteiger partial charge >= 0.3 is 12.1 Å². The van der Waals surface area contributed by atoms with E-state index >= 15 is 0 Å². The molecule has 0 amide bonds. The summed E-state index contributed by atoms with van der Waals surface area (Å²) in [6.07, 6.45) is -3.62. The van der Waals surface area contributed by atoms with Gasteiger partial charge in [-0.15, -0.1) is 0 Å². The zero-order valence-corrected chi connectivity index (χ0v) is 12.8. The Balaban J connectivity index is 0.000000379. The molecular formula is C14H16ClF3N2O3. The molecule has 1 aromatic rings. The third kappa shape index (κ3) is 7.83. The summed E-state index contributed by atoms with van der Waals surface area (Å²) in [5.41, 5.74) is 0. The first kappa shape index (κ1) is 19.2. The van der Waals surface area contributed by atoms with Gasteiger partial charge in [0, 0.05) is 19.5 Å². The summed E-state index contributed by atoms with van der Waals surface area (Å²) in [5, 5.41) is 9.24. The number of nitrogens with zero attached hydrogens (tertiary/aromatic N) is 2. The van der Waals surface area contributed by atoms with E-state index in [1.54, 1.807) is 6.07 Å². The SMILES string of the molecule is O=C(O)CC1CCN(c2cccc(Cl)n2)CC1.O=CC(F)(F)F. The Morgan fingerprint density at radius 2 is 1.96 bits per heavy atom. The van der Waals surface area contributed by atoms with E-state index in [-0.39, 0.29) is 6.42 Å². The van der Waals surface area contributed by atoms with Gasteiger partial charge in [0.1, 0.15) is 11.0 Å². The van der Waals surface area contributed by atoms with Crippen molar-refractivity contribution in [2.45, 2.75) is 25.4 Å². The number of alkyl halides is 3. The van der Waals surface area contributed by atoms with Crippen LogP contribution in [0.4, 0.5) is 19.0 Å². The minimum atomic E-state index is -4.64. The maximum atomic E-state index is 10.6. The van der Waals surface area contributed by atoms with Crippen molar-refractivity contribution in [2.24, 2.45) is 5.92 Å². The number of rotatable bonds is 3. The fourth-order valence-electron chi connectivity index (χ4n) is 2.19. The molecule has 0 spiro atoms. The van der Waals surface area contributed by atoms with Crippen LogP contribution in [0.15, 0.2) is 18.2 Å². The molecular weight excluding hydrogens is 337 g/mol. The van der Waals surface area contributed by atoms with Crippen molar-refractivity contribution in [1.82, 2.24) is 4.98 Å². The predicted octanol–water partition coefficient (Wildman–Crippen LogP) is 3.17. The molecule has 0 saturated carbocycles. The fourth-order valence-corrected chi connectivity index (χ4v) is 2.35. The highest BCUT2D eigenvalue weighted by atomic mass is 35.5. The second kappa shape index (κ2) is 8.71. The largest absolute Gasteiger partial charge is 0.481 e. The van der Waals surface area contributed by atoms with Gasteiger partial charge in [0.15, 0.2) is 0 Å². The van der Waals surface area contributed by atoms with Crippen molar-refractivity contribution in [3.05, 3.63) is 23.4 Å². The molecule has 1 N–H and O–H groups in total. The summed E-state index contributed by atoms with van der Waals surface area (Å²) >= 11 is 5.85. The van der Waals surface area contributed by atoms with Crippen LogP contribution < -0.4 is 4.90 Å². The van der Waals surface area contributed by atoms with Crippen LogP contribution >= 0.6 is 11.6 Å². The third-order valence-electron chi connectivity index (χ3n) is 3.24. The van der Waals surface area contributed by atoms with Crippen molar-refractivity contribution in [3.8, 4) is 0 Å². The summed E-state index contributed by atoms with van der Waals surface area (Å²) in [6.45, 7) is 1.70. The van der Waals surface area contributed by atoms with E-state index < -0.39 is 18.4 Å². The average molecular weight is 353 g/mol. The molecule has 1 saturated heterocycles. The van der Waals surface area contributed by atoms with Gasteiger partial charge in [-0.05, 0) is 30.9 Å². The molecule has 2 heterocycles. The van der Waals surface area contributed by atoms with E-state index in [0.717, 1.165) is 31.7 Å². The number of aromatic nitrogens is 1. The van der Waals surface area contributed by atoms with Crippen LogP contribution in [0.1, 0.15) is 19.3 Å². The number of halogens is 4. The topological polar surface area (TPSA) is 70.5 Å². The molecule has 1 aromatic heterocycles. The normalized spacial score (nSPS) is 15.6. The Hall–Kier alpha value is -1.83. The minimum absolute atomic E-state index is 0.275. The van der Waals surface area contributed by atoms with Crippen molar-refractivity contribution >= 4 is 29.7 Å². The first-order valence-corrected chi connectivity index (χ1v) is 7.21. The van der Waals surface area contributed by atoms with E-state index in [1.165, 1.54) is 0 Å². The maximum absolute atomic E-state index is 10.6. The van der Waals surface area contributed by atoms with Gasteiger partial charge in [0.25, 0.3) is 0 Å². The van der Waals surface area contributed by atoms with Crippen molar-refractivity contribution in [1.29, 1.82) is 0 Å². The zero-order chi connectivity index (χ0) is 17.5. The molecule has 0 atom stereocenters. The standard InChI is InChI=1S/C12H15ClN2O2.C2HF3O/c13-10-2-1-3-11(14-10)15-6-4-9(5-7-15)8-12(16)17;3-2(4,5)1-6/h1-3,9H,4-8H2,(H,16,17);1H. The molecule has 0 aliphatic carbocycles. The summed E-state index contributed by atoms with van der Waals surface area (Å²) in [6, 6.07) is 5.57. The van der Waals surface area contributed by atoms with Gasteiger partial charge < -0.3 is 10.0 Å². The van der Waals surface area contributed by atoms with Gasteiger partial charge in [0.05, 0.1) is 0 Å². The number of pyridine rings is 1. The number of hydrogen-bond acceptors (Lipinski definition) is 4. The van der Waals surface area contributed by atoms with E-state index in [0.29, 0.717) is 11.1 Å². The highest BCUT2D eigenvalue weighted by Crippen LogP contribution is 2.24. The van der Waals surface area contributed by atoms with Gasteiger partial charge in [-0.25, -0.2) is 4.98 Å². The van der Waals surface area contributed by atoms with Gasteiger partial charge in [0.2, 0.25) is 6.29 Å². The van der Waals surface area contributed by atoms with Crippen LogP contribution in [0.5, 0.6) is 0 Å². The minimum Gasteiger partial charge on any atom is -0.481 e. The van der Waals surface area contributed by atoms with Gasteiger partial charge in [-0.1, -0.05) is 17.7 Å². The molecule has 0 unspecified atom stereocenters. The van der Waals surface area contributed by atoms with Crippen molar-refractivity contribution in [2.75, 3.05) is 18.0 Å². The Morgan fingerprint density at radius 1 is 1.39 bits per heavy atom. The first-order chi connectivity index (χ1) is 10.7. The monoisotopic (exact) mass is 352 g/mol. The Bertz CT molecular complexity index is 532. The quantitative estimate of drug-likeness (QED) is 0.668. The lowest BCUT2D eigenvalue weighted by molar-refractivity contribution is -0.156. The number of carboxylic acid groups (broad SMARTS) is 1. The van der Waals surface area contributed by atoms with Crippen molar-refractivity contribution < 1.29 is 27.9 Å². The number of aliphatic carboxylic acids is 1. The van der Waals surface area contributed by atoms with Crippen LogP contribution in [0.2, 0.25) is 5.15 Å². The van der Waals surface area contributed by atoms with Crippen LogP contribution in [-0.2, 0) is 9.59 Å². The number of anilines is 1. The molecule has 2 rings (SSSR count). The molecule has 9 heteroatoms. The van der Waals surface area contributed by atoms with E-state index in [9.17, 15) is 18.0 Å². The predicted molar refractivity (Wildman–Crippen MR) is 78.6 cm³/mol. The van der Waals surface area contributed by atoms with E-state index in [4.69, 9.17) is 21.5 Å². The summed E-state index contributed by atoms with van der Waals surface area (Å²) in [4.78, 5) is 25.7. The number of aldehydes is 1. The molecule has 1 aliphatic heterocycles. The number of carbonyl (C=O) groups excluding carboxylic acids is 1. The number of carboxylic acids is 1. The smallest absolute Gasteiger partial charge is 0.446 e. The van der Waals surface area contributed by atoms with Gasteiger partial charge in [-0.3, -0.25) is 9.59 Å². The summed E-state index contributed by atoms with van der Waals surface area (Å²) in [5.74, 6) is 0.471. The molecule has 1 fully saturated rings. The van der Waals surface area contributed by atoms with Crippen LogP contribution in [0.3, 0.4) is 0 Å². The number of piperidine rings is 1. The Labute approximate surface area is 136 Å². The molecule has 0 bridgehead atoms. The highest BCUT2D eigenvalue weighted by Gasteiger charge is 2.25. The lowest BCUT2D eigenvalue weighted by Crippen LogP contribution is -2.34. The number of hydrogen-bond donors (Lipinski definition) is 1. The molecule has 5 nitrogen and oxygen atoms in total. The third-order valence-corrected chi connectivity index (χ3v) is 3.45. The lowest BCUT2D eigenvalue weighted by Gasteiger charge is -2.32. The summed E-state index contributed by atoms with van der Waals surface area (Å²) < 4.78 is 31.2. The molecule has 23 heavy (non-hydrogen) atoms. The second-order valence-electron chi connectivity index (χ2n) is 5.01. The zero-order valence-electron chi connectivity index (χ0n) is 12.1. The van der Waals surface area contributed by atoms with Crippen LogP contribution in [0, 0.1) is 5.92 Å². The van der Waals surface area contributed by atoms with Crippen LogP contribution in [0.25, 0.3) is 0 Å².